The predicted octanol–water partition coefficient (Wildman–Crippen LogP) is 4.16. The number of para-hydroxylation sites is 2. The van der Waals surface area contributed by atoms with Gasteiger partial charge in [-0.1, -0.05) is 24.3 Å². The van der Waals surface area contributed by atoms with Crippen LogP contribution in [0.4, 0.5) is 5.69 Å². The Morgan fingerprint density at radius 1 is 1.07 bits per heavy atom. The molecule has 8 heteroatoms. The third kappa shape index (κ3) is 4.33. The molecule has 2 aromatic heterocycles. The van der Waals surface area contributed by atoms with E-state index in [1.807, 2.05) is 17.5 Å². The Kier molecular flexibility index (Phi) is 5.76. The number of fused-ring (bicyclic) bond motifs is 1. The number of ether oxygens (including phenoxy) is 1. The van der Waals surface area contributed by atoms with Crippen LogP contribution in [0, 0.1) is 0 Å². The minimum Gasteiger partial charge on any atom is -0.462 e. The van der Waals surface area contributed by atoms with E-state index in [1.54, 1.807) is 48.5 Å². The SMILES string of the molecule is O=C(OCCCn1c(=O)oc2ccccc21)c1cccc(NC(=O)c2cccs2)c1. The van der Waals surface area contributed by atoms with E-state index in [0.29, 0.717) is 40.2 Å². The third-order valence-corrected chi connectivity index (χ3v) is 5.30. The number of nitrogens with zero attached hydrogens (tertiary/aromatic N) is 1. The monoisotopic (exact) mass is 422 g/mol. The maximum Gasteiger partial charge on any atom is 0.419 e. The number of hydrogen-bond acceptors (Lipinski definition) is 6. The van der Waals surface area contributed by atoms with E-state index in [0.717, 1.165) is 0 Å². The molecule has 0 aliphatic rings. The van der Waals surface area contributed by atoms with Crippen LogP contribution in [0.5, 0.6) is 0 Å². The van der Waals surface area contributed by atoms with Crippen LogP contribution in [0.1, 0.15) is 26.5 Å². The van der Waals surface area contributed by atoms with Gasteiger partial charge in [0.15, 0.2) is 5.58 Å². The summed E-state index contributed by atoms with van der Waals surface area (Å²) in [4.78, 5) is 37.0. The fraction of sp³-hybridized carbons (Fsp3) is 0.136. The van der Waals surface area contributed by atoms with Crippen LogP contribution in [0.25, 0.3) is 11.1 Å². The number of anilines is 1. The molecule has 0 fully saturated rings. The number of nitrogens with one attached hydrogen (secondary N) is 1. The summed E-state index contributed by atoms with van der Waals surface area (Å²) < 4.78 is 12.0. The highest BCUT2D eigenvalue weighted by Gasteiger charge is 2.12. The van der Waals surface area contributed by atoms with Gasteiger partial charge in [-0.2, -0.15) is 0 Å². The second-order valence-electron chi connectivity index (χ2n) is 6.49. The van der Waals surface area contributed by atoms with Gasteiger partial charge in [0.2, 0.25) is 0 Å². The van der Waals surface area contributed by atoms with E-state index in [-0.39, 0.29) is 12.5 Å². The number of aromatic nitrogens is 1. The minimum atomic E-state index is -0.494. The van der Waals surface area contributed by atoms with Crippen molar-refractivity contribution in [3.63, 3.8) is 0 Å². The first-order valence-corrected chi connectivity index (χ1v) is 10.2. The lowest BCUT2D eigenvalue weighted by Gasteiger charge is -2.08. The topological polar surface area (TPSA) is 90.5 Å². The quantitative estimate of drug-likeness (QED) is 0.357. The van der Waals surface area contributed by atoms with Gasteiger partial charge in [-0.3, -0.25) is 9.36 Å². The first kappa shape index (κ1) is 19.7. The number of benzene rings is 2. The smallest absolute Gasteiger partial charge is 0.419 e. The Morgan fingerprint density at radius 3 is 2.77 bits per heavy atom. The molecule has 1 amide bonds. The Bertz CT molecular complexity index is 1240. The van der Waals surface area contributed by atoms with E-state index < -0.39 is 11.7 Å². The number of hydrogen-bond donors (Lipinski definition) is 1. The number of amides is 1. The van der Waals surface area contributed by atoms with Gasteiger partial charge in [-0.05, 0) is 48.2 Å². The van der Waals surface area contributed by atoms with Crippen LogP contribution >= 0.6 is 11.3 Å². The average molecular weight is 422 g/mol. The maximum absolute atomic E-state index is 12.3. The number of oxazole rings is 1. The summed E-state index contributed by atoms with van der Waals surface area (Å²) in [6.45, 7) is 0.524. The number of carbonyl (C=O) groups excluding carboxylic acids is 2. The number of rotatable bonds is 7. The highest BCUT2D eigenvalue weighted by Crippen LogP contribution is 2.16. The molecule has 0 bridgehead atoms. The third-order valence-electron chi connectivity index (χ3n) is 4.43. The summed E-state index contributed by atoms with van der Waals surface area (Å²) in [6, 6.07) is 17.3. The van der Waals surface area contributed by atoms with E-state index in [1.165, 1.54) is 15.9 Å². The van der Waals surface area contributed by atoms with Crippen molar-refractivity contribution in [3.8, 4) is 0 Å². The Morgan fingerprint density at radius 2 is 1.93 bits per heavy atom. The molecule has 0 saturated carbocycles. The van der Waals surface area contributed by atoms with Gasteiger partial charge in [-0.15, -0.1) is 11.3 Å². The van der Waals surface area contributed by atoms with E-state index in [4.69, 9.17) is 9.15 Å². The molecule has 0 saturated heterocycles. The minimum absolute atomic E-state index is 0.149. The van der Waals surface area contributed by atoms with Crippen LogP contribution in [0.15, 0.2) is 75.3 Å². The number of aryl methyl sites for hydroxylation is 1. The van der Waals surface area contributed by atoms with Gasteiger partial charge in [0.25, 0.3) is 5.91 Å². The van der Waals surface area contributed by atoms with Crippen LogP contribution in [0.3, 0.4) is 0 Å². The van der Waals surface area contributed by atoms with Crippen molar-refractivity contribution in [2.45, 2.75) is 13.0 Å². The highest BCUT2D eigenvalue weighted by atomic mass is 32.1. The van der Waals surface area contributed by atoms with Crippen molar-refractivity contribution in [2.75, 3.05) is 11.9 Å². The summed E-state index contributed by atoms with van der Waals surface area (Å²) in [7, 11) is 0. The molecular weight excluding hydrogens is 404 g/mol. The number of thiophene rings is 1. The van der Waals surface area contributed by atoms with E-state index in [9.17, 15) is 14.4 Å². The van der Waals surface area contributed by atoms with Crippen LogP contribution in [0.2, 0.25) is 0 Å². The normalized spacial score (nSPS) is 10.8. The molecular formula is C22H18N2O5S. The van der Waals surface area contributed by atoms with Crippen LogP contribution < -0.4 is 11.1 Å². The standard InChI is InChI=1S/C22H18N2O5S/c25-20(19-10-4-13-30-19)23-16-7-3-6-15(14-16)21(26)28-12-5-11-24-17-8-1-2-9-18(17)29-22(24)27/h1-4,6-10,13-14H,5,11-12H2,(H,23,25). The van der Waals surface area contributed by atoms with Crippen molar-refractivity contribution in [1.29, 1.82) is 0 Å². The second-order valence-corrected chi connectivity index (χ2v) is 7.44. The molecule has 30 heavy (non-hydrogen) atoms. The lowest BCUT2D eigenvalue weighted by Crippen LogP contribution is -2.16. The average Bonchev–Trinajstić information content (AvgIpc) is 3.39. The fourth-order valence-electron chi connectivity index (χ4n) is 3.02. The molecule has 4 aromatic rings. The summed E-state index contributed by atoms with van der Waals surface area (Å²) in [5.41, 5.74) is 2.09. The maximum atomic E-state index is 12.3. The molecule has 0 unspecified atom stereocenters. The lowest BCUT2D eigenvalue weighted by molar-refractivity contribution is 0.0495. The van der Waals surface area contributed by atoms with Gasteiger partial charge >= 0.3 is 11.7 Å². The number of esters is 1. The van der Waals surface area contributed by atoms with Crippen molar-refractivity contribution in [2.24, 2.45) is 0 Å². The predicted molar refractivity (Wildman–Crippen MR) is 114 cm³/mol. The molecule has 0 atom stereocenters. The molecule has 7 nitrogen and oxygen atoms in total. The summed E-state index contributed by atoms with van der Waals surface area (Å²) in [5.74, 6) is -1.16. The van der Waals surface area contributed by atoms with Gasteiger partial charge in [0, 0.05) is 12.2 Å². The fourth-order valence-corrected chi connectivity index (χ4v) is 3.64. The molecule has 2 aromatic carbocycles. The molecule has 1 N–H and O–H groups in total. The lowest BCUT2D eigenvalue weighted by atomic mass is 10.2. The molecule has 0 spiro atoms. The van der Waals surface area contributed by atoms with Gasteiger partial charge in [0.1, 0.15) is 0 Å². The summed E-state index contributed by atoms with van der Waals surface area (Å²) >= 11 is 1.34. The van der Waals surface area contributed by atoms with Crippen molar-refractivity contribution >= 4 is 40.0 Å². The Balaban J connectivity index is 1.32. The Hall–Kier alpha value is -3.65. The summed E-state index contributed by atoms with van der Waals surface area (Å²) in [5, 5.41) is 4.59. The van der Waals surface area contributed by atoms with Gasteiger partial charge in [-0.25, -0.2) is 9.59 Å². The molecule has 0 aliphatic carbocycles. The molecule has 0 radical (unpaired) electrons. The first-order valence-electron chi connectivity index (χ1n) is 9.32. The van der Waals surface area contributed by atoms with Crippen LogP contribution in [-0.4, -0.2) is 23.1 Å². The van der Waals surface area contributed by atoms with Gasteiger partial charge < -0.3 is 14.5 Å². The molecule has 152 valence electrons. The van der Waals surface area contributed by atoms with E-state index in [2.05, 4.69) is 5.32 Å². The van der Waals surface area contributed by atoms with Gasteiger partial charge in [0.05, 0.1) is 22.6 Å². The van der Waals surface area contributed by atoms with Crippen molar-refractivity contribution < 1.29 is 18.7 Å². The zero-order chi connectivity index (χ0) is 20.9. The Labute approximate surface area is 175 Å². The first-order chi connectivity index (χ1) is 14.6. The molecule has 4 rings (SSSR count). The zero-order valence-electron chi connectivity index (χ0n) is 15.9. The largest absolute Gasteiger partial charge is 0.462 e. The van der Waals surface area contributed by atoms with Crippen LogP contribution in [-0.2, 0) is 11.3 Å². The zero-order valence-corrected chi connectivity index (χ0v) is 16.7. The second kappa shape index (κ2) is 8.79. The summed E-state index contributed by atoms with van der Waals surface area (Å²) in [6.07, 6.45) is 0.462. The van der Waals surface area contributed by atoms with Crippen molar-refractivity contribution in [3.05, 3.63) is 87.0 Å². The van der Waals surface area contributed by atoms with Crippen molar-refractivity contribution in [1.82, 2.24) is 4.57 Å². The molecule has 2 heterocycles. The molecule has 0 aliphatic heterocycles. The number of carbonyl (C=O) groups is 2. The van der Waals surface area contributed by atoms with E-state index >= 15 is 0 Å². The highest BCUT2D eigenvalue weighted by molar-refractivity contribution is 7.12.